The first-order valence-electron chi connectivity index (χ1n) is 14.1. The summed E-state index contributed by atoms with van der Waals surface area (Å²) in [5, 5.41) is 21.5. The zero-order valence-electron chi connectivity index (χ0n) is 22.3. The molecule has 2 N–H and O–H groups in total. The Balaban J connectivity index is 1.55. The zero-order valence-corrected chi connectivity index (χ0v) is 22.3. The van der Waals surface area contributed by atoms with Crippen LogP contribution in [0.25, 0.3) is 0 Å². The fraction of sp³-hybridized carbons (Fsp3) is 1.00. The molecule has 5 aliphatic rings. The highest BCUT2D eigenvalue weighted by atomic mass is 16.3. The van der Waals surface area contributed by atoms with Gasteiger partial charge in [-0.2, -0.15) is 0 Å². The van der Waals surface area contributed by atoms with Gasteiger partial charge in [0.2, 0.25) is 0 Å². The van der Waals surface area contributed by atoms with Crippen LogP contribution in [0.2, 0.25) is 0 Å². The average molecular weight is 445 g/mol. The van der Waals surface area contributed by atoms with E-state index in [-0.39, 0.29) is 11.5 Å². The molecule has 2 nitrogen and oxygen atoms in total. The van der Waals surface area contributed by atoms with Crippen LogP contribution in [-0.2, 0) is 0 Å². The van der Waals surface area contributed by atoms with Gasteiger partial charge in [-0.1, -0.05) is 48.5 Å². The van der Waals surface area contributed by atoms with Crippen LogP contribution in [-0.4, -0.2) is 22.9 Å². The van der Waals surface area contributed by atoms with E-state index in [0.29, 0.717) is 45.5 Å². The Bertz CT molecular complexity index is 760. The Hall–Kier alpha value is -0.0800. The van der Waals surface area contributed by atoms with Crippen LogP contribution in [0, 0.1) is 56.2 Å². The molecule has 2 heteroatoms. The Labute approximate surface area is 198 Å². The molecule has 5 rings (SSSR count). The molecule has 10 atom stereocenters. The second-order valence-electron chi connectivity index (χ2n) is 15.4. The van der Waals surface area contributed by atoms with Crippen molar-refractivity contribution in [1.29, 1.82) is 0 Å². The van der Waals surface area contributed by atoms with Crippen molar-refractivity contribution in [1.82, 2.24) is 0 Å². The molecule has 32 heavy (non-hydrogen) atoms. The van der Waals surface area contributed by atoms with Crippen molar-refractivity contribution in [2.75, 3.05) is 6.61 Å². The molecule has 5 aliphatic carbocycles. The summed E-state index contributed by atoms with van der Waals surface area (Å²) in [6, 6.07) is 0. The molecule has 1 unspecified atom stereocenters. The number of fused-ring (bicyclic) bond motifs is 7. The normalized spacial score (nSPS) is 59.3. The molecule has 0 aromatic heterocycles. The van der Waals surface area contributed by atoms with Gasteiger partial charge >= 0.3 is 0 Å². The van der Waals surface area contributed by atoms with E-state index in [1.807, 2.05) is 0 Å². The lowest BCUT2D eigenvalue weighted by molar-refractivity contribution is -0.269. The van der Waals surface area contributed by atoms with Crippen molar-refractivity contribution in [3.63, 3.8) is 0 Å². The van der Waals surface area contributed by atoms with Crippen molar-refractivity contribution in [2.24, 2.45) is 56.2 Å². The molecule has 0 radical (unpaired) electrons. The number of aliphatic hydroxyl groups is 2. The van der Waals surface area contributed by atoms with E-state index in [0.717, 1.165) is 18.3 Å². The molecule has 0 spiro atoms. The minimum absolute atomic E-state index is 0.106. The highest BCUT2D eigenvalue weighted by Gasteiger charge is 2.71. The Morgan fingerprint density at radius 2 is 1.28 bits per heavy atom. The van der Waals surface area contributed by atoms with Crippen LogP contribution in [0.15, 0.2) is 0 Å². The van der Waals surface area contributed by atoms with Crippen molar-refractivity contribution < 1.29 is 10.2 Å². The third-order valence-corrected chi connectivity index (χ3v) is 14.0. The lowest BCUT2D eigenvalue weighted by Gasteiger charge is -2.75. The smallest absolute Gasteiger partial charge is 0.0571 e. The van der Waals surface area contributed by atoms with Crippen molar-refractivity contribution in [3.8, 4) is 0 Å². The van der Waals surface area contributed by atoms with Gasteiger partial charge in [0.15, 0.2) is 0 Å². The summed E-state index contributed by atoms with van der Waals surface area (Å²) in [5.41, 5.74) is 1.98. The number of hydrogen-bond donors (Lipinski definition) is 2. The van der Waals surface area contributed by atoms with E-state index in [2.05, 4.69) is 48.5 Å². The van der Waals surface area contributed by atoms with Crippen LogP contribution in [0.5, 0.6) is 0 Å². The van der Waals surface area contributed by atoms with Crippen LogP contribution in [0.3, 0.4) is 0 Å². The van der Waals surface area contributed by atoms with Gasteiger partial charge in [0, 0.05) is 6.61 Å². The first-order chi connectivity index (χ1) is 14.8. The molecule has 0 aromatic rings. The van der Waals surface area contributed by atoms with Gasteiger partial charge in [0.1, 0.15) is 0 Å². The maximum Gasteiger partial charge on any atom is 0.0571 e. The summed E-state index contributed by atoms with van der Waals surface area (Å²) >= 11 is 0. The quantitative estimate of drug-likeness (QED) is 0.448. The number of hydrogen-bond acceptors (Lipinski definition) is 2. The first kappa shape index (κ1) is 23.7. The van der Waals surface area contributed by atoms with Gasteiger partial charge in [-0.3, -0.25) is 0 Å². The molecule has 0 amide bonds. The number of rotatable bonds is 1. The summed E-state index contributed by atoms with van der Waals surface area (Å²) in [6.45, 7) is 18.3. The van der Waals surface area contributed by atoms with Gasteiger partial charge in [0.05, 0.1) is 6.10 Å². The topological polar surface area (TPSA) is 40.5 Å². The number of aliphatic hydroxyl groups excluding tert-OH is 2. The van der Waals surface area contributed by atoms with E-state index in [1.54, 1.807) is 0 Å². The van der Waals surface area contributed by atoms with E-state index in [4.69, 9.17) is 0 Å². The van der Waals surface area contributed by atoms with Crippen LogP contribution in [0.1, 0.15) is 119 Å². The summed E-state index contributed by atoms with van der Waals surface area (Å²) in [6.07, 6.45) is 13.8. The molecule has 5 fully saturated rings. The first-order valence-corrected chi connectivity index (χ1v) is 14.1. The van der Waals surface area contributed by atoms with Crippen LogP contribution < -0.4 is 0 Å². The standard InChI is InChI=1S/C30H52O2/c1-20-21(32)8-9-22-26(20,4)11-10-23-27(22,5)13-14-29(7)24-18-25(2,3)12-16-30(24,19-31)17-15-28(23,29)6/h20-24,31-32H,8-19H2,1-7H3/t20-,21?,22+,23-,24-,26+,27-,28+,29-,30+/m0/s1. The van der Waals surface area contributed by atoms with E-state index in [9.17, 15) is 10.2 Å². The summed E-state index contributed by atoms with van der Waals surface area (Å²) < 4.78 is 0. The van der Waals surface area contributed by atoms with Gasteiger partial charge in [-0.15, -0.1) is 0 Å². The minimum Gasteiger partial charge on any atom is -0.396 e. The van der Waals surface area contributed by atoms with E-state index < -0.39 is 0 Å². The summed E-state index contributed by atoms with van der Waals surface area (Å²) in [5.74, 6) is 2.62. The molecule has 5 saturated carbocycles. The molecular formula is C30H52O2. The van der Waals surface area contributed by atoms with Crippen molar-refractivity contribution in [3.05, 3.63) is 0 Å². The lowest BCUT2D eigenvalue weighted by atomic mass is 9.30. The second-order valence-corrected chi connectivity index (χ2v) is 15.4. The predicted molar refractivity (Wildman–Crippen MR) is 132 cm³/mol. The Morgan fingerprint density at radius 3 is 1.97 bits per heavy atom. The summed E-state index contributed by atoms with van der Waals surface area (Å²) in [7, 11) is 0. The highest BCUT2D eigenvalue weighted by Crippen LogP contribution is 2.78. The van der Waals surface area contributed by atoms with Crippen molar-refractivity contribution in [2.45, 2.75) is 125 Å². The molecule has 184 valence electrons. The van der Waals surface area contributed by atoms with Gasteiger partial charge in [0.25, 0.3) is 0 Å². The largest absolute Gasteiger partial charge is 0.396 e. The SMILES string of the molecule is C[C@H]1C(O)CC[C@@H]2[C@]1(C)CC[C@H]1[C@@]2(C)CC[C@@]2(C)[C@@H]3CC(C)(C)CC[C@]3(CO)CC[C@]12C. The summed E-state index contributed by atoms with van der Waals surface area (Å²) in [4.78, 5) is 0. The maximum atomic E-state index is 10.8. The minimum atomic E-state index is -0.106. The Morgan fingerprint density at radius 1 is 0.656 bits per heavy atom. The molecule has 0 bridgehead atoms. The molecular weight excluding hydrogens is 392 g/mol. The second kappa shape index (κ2) is 6.99. The van der Waals surface area contributed by atoms with Crippen LogP contribution in [0.4, 0.5) is 0 Å². The fourth-order valence-corrected chi connectivity index (χ4v) is 11.4. The lowest BCUT2D eigenvalue weighted by Crippen LogP contribution is -2.68. The van der Waals surface area contributed by atoms with Gasteiger partial charge in [-0.25, -0.2) is 0 Å². The Kier molecular flexibility index (Phi) is 5.17. The fourth-order valence-electron chi connectivity index (χ4n) is 11.4. The average Bonchev–Trinajstić information content (AvgIpc) is 2.73. The van der Waals surface area contributed by atoms with Crippen LogP contribution >= 0.6 is 0 Å². The van der Waals surface area contributed by atoms with Gasteiger partial charge < -0.3 is 10.2 Å². The monoisotopic (exact) mass is 444 g/mol. The molecule has 0 aliphatic heterocycles. The zero-order chi connectivity index (χ0) is 23.4. The van der Waals surface area contributed by atoms with Crippen molar-refractivity contribution >= 4 is 0 Å². The molecule has 0 aromatic carbocycles. The highest BCUT2D eigenvalue weighted by molar-refractivity contribution is 5.20. The third-order valence-electron chi connectivity index (χ3n) is 14.0. The molecule has 0 heterocycles. The third kappa shape index (κ3) is 2.78. The predicted octanol–water partition coefficient (Wildman–Crippen LogP) is 7.22. The van der Waals surface area contributed by atoms with Gasteiger partial charge in [-0.05, 0) is 127 Å². The van der Waals surface area contributed by atoms with E-state index >= 15 is 0 Å². The molecule has 0 saturated heterocycles. The maximum absolute atomic E-state index is 10.8. The van der Waals surface area contributed by atoms with E-state index in [1.165, 1.54) is 64.2 Å².